The van der Waals surface area contributed by atoms with E-state index in [4.69, 9.17) is 9.47 Å². The minimum absolute atomic E-state index is 0.0467. The molecular weight excluding hydrogens is 470 g/mol. The second-order valence-electron chi connectivity index (χ2n) is 7.69. The highest BCUT2D eigenvalue weighted by Gasteiger charge is 2.20. The van der Waals surface area contributed by atoms with Gasteiger partial charge in [0.2, 0.25) is 0 Å². The highest BCUT2D eigenvalue weighted by molar-refractivity contribution is 7.92. The molecule has 11 heteroatoms. The molecule has 0 saturated heterocycles. The van der Waals surface area contributed by atoms with Crippen LogP contribution in [0.1, 0.15) is 16.2 Å². The Bertz CT molecular complexity index is 1480. The fourth-order valence-corrected chi connectivity index (χ4v) is 4.59. The van der Waals surface area contributed by atoms with Crippen LogP contribution in [0.4, 0.5) is 11.4 Å². The summed E-state index contributed by atoms with van der Waals surface area (Å²) in [6.07, 6.45) is 5.05. The van der Waals surface area contributed by atoms with Crippen molar-refractivity contribution in [1.29, 1.82) is 0 Å². The molecule has 0 fully saturated rings. The summed E-state index contributed by atoms with van der Waals surface area (Å²) in [6, 6.07) is 14.1. The number of sulfonamides is 1. The van der Waals surface area contributed by atoms with Crippen molar-refractivity contribution in [3.8, 4) is 17.3 Å². The fourth-order valence-electron chi connectivity index (χ4n) is 3.52. The number of aromatic nitrogens is 3. The van der Waals surface area contributed by atoms with E-state index in [1.165, 1.54) is 36.4 Å². The molecule has 3 heterocycles. The number of aryl methyl sites for hydroxylation is 1. The number of nitrogens with zero attached hydrogens (tertiary/aromatic N) is 3. The molecule has 178 valence electrons. The third kappa shape index (κ3) is 4.80. The maximum atomic E-state index is 12.8. The van der Waals surface area contributed by atoms with Gasteiger partial charge in [0, 0.05) is 29.7 Å². The topological polar surface area (TPSA) is 124 Å². The molecule has 0 spiro atoms. The largest absolute Gasteiger partial charge is 0.486 e. The number of benzene rings is 2. The smallest absolute Gasteiger partial charge is 0.262 e. The number of carbonyl (C=O) groups excluding carboxylic acids is 1. The normalized spacial score (nSPS) is 12.7. The Morgan fingerprint density at radius 1 is 0.943 bits per heavy atom. The molecule has 0 bridgehead atoms. The zero-order chi connectivity index (χ0) is 24.4. The Morgan fingerprint density at radius 3 is 2.37 bits per heavy atom. The van der Waals surface area contributed by atoms with Gasteiger partial charge in [-0.1, -0.05) is 0 Å². The highest BCUT2D eigenvalue weighted by atomic mass is 32.2. The molecule has 0 aliphatic carbocycles. The van der Waals surface area contributed by atoms with E-state index in [9.17, 15) is 13.2 Å². The first-order valence-corrected chi connectivity index (χ1v) is 12.2. The van der Waals surface area contributed by atoms with Crippen LogP contribution in [0.5, 0.6) is 11.5 Å². The van der Waals surface area contributed by atoms with Gasteiger partial charge in [-0.05, 0) is 55.5 Å². The Hall–Kier alpha value is -4.38. The highest BCUT2D eigenvalue weighted by Crippen LogP contribution is 2.32. The third-order valence-corrected chi connectivity index (χ3v) is 6.68. The van der Waals surface area contributed by atoms with Gasteiger partial charge in [0.25, 0.3) is 15.9 Å². The van der Waals surface area contributed by atoms with Crippen LogP contribution < -0.4 is 19.5 Å². The predicted octanol–water partition coefficient (Wildman–Crippen LogP) is 3.40. The Kier molecular flexibility index (Phi) is 5.83. The zero-order valence-corrected chi connectivity index (χ0v) is 19.5. The van der Waals surface area contributed by atoms with Gasteiger partial charge in [-0.3, -0.25) is 14.1 Å². The first-order chi connectivity index (χ1) is 16.9. The van der Waals surface area contributed by atoms with Crippen molar-refractivity contribution >= 4 is 27.3 Å². The van der Waals surface area contributed by atoms with Gasteiger partial charge in [0.1, 0.15) is 24.9 Å². The van der Waals surface area contributed by atoms with Crippen molar-refractivity contribution in [2.45, 2.75) is 11.8 Å². The number of hydrogen-bond acceptors (Lipinski definition) is 7. The van der Waals surface area contributed by atoms with Gasteiger partial charge in [0.15, 0.2) is 11.5 Å². The van der Waals surface area contributed by atoms with E-state index in [2.05, 4.69) is 20.0 Å². The van der Waals surface area contributed by atoms with Crippen molar-refractivity contribution < 1.29 is 22.7 Å². The Labute approximate surface area is 201 Å². The van der Waals surface area contributed by atoms with E-state index in [0.717, 1.165) is 5.82 Å². The molecule has 4 aromatic rings. The number of nitrogens with one attached hydrogen (secondary N) is 2. The van der Waals surface area contributed by atoms with Gasteiger partial charge in [-0.25, -0.2) is 18.4 Å². The number of hydrogen-bond donors (Lipinski definition) is 2. The standard InChI is InChI=1S/C24H21N5O5S/c1-16-25-10-11-29(16)23-9-6-19(15-26-23)27-24(30)17-2-4-18(5-3-17)28-35(31,32)20-7-8-21-22(14-20)34-13-12-33-21/h2-11,14-15,28H,12-13H2,1H3,(H,27,30). The molecule has 0 saturated carbocycles. The molecule has 0 radical (unpaired) electrons. The van der Waals surface area contributed by atoms with E-state index >= 15 is 0 Å². The number of amides is 1. The zero-order valence-electron chi connectivity index (χ0n) is 18.6. The van der Waals surface area contributed by atoms with Crippen LogP contribution in [0.25, 0.3) is 5.82 Å². The maximum Gasteiger partial charge on any atom is 0.262 e. The molecule has 35 heavy (non-hydrogen) atoms. The molecule has 1 amide bonds. The van der Waals surface area contributed by atoms with Crippen LogP contribution in [-0.2, 0) is 10.0 Å². The van der Waals surface area contributed by atoms with E-state index < -0.39 is 10.0 Å². The molecular formula is C24H21N5O5S. The number of pyridine rings is 1. The maximum absolute atomic E-state index is 12.8. The Morgan fingerprint density at radius 2 is 1.69 bits per heavy atom. The second kappa shape index (κ2) is 9.11. The number of imidazole rings is 1. The first kappa shape index (κ1) is 22.4. The summed E-state index contributed by atoms with van der Waals surface area (Å²) in [6.45, 7) is 2.65. The van der Waals surface area contributed by atoms with E-state index in [0.29, 0.717) is 47.5 Å². The van der Waals surface area contributed by atoms with Crippen LogP contribution in [0, 0.1) is 6.92 Å². The van der Waals surface area contributed by atoms with Crippen LogP contribution in [-0.4, -0.2) is 42.1 Å². The lowest BCUT2D eigenvalue weighted by Gasteiger charge is -2.19. The molecule has 5 rings (SSSR count). The minimum atomic E-state index is -3.86. The monoisotopic (exact) mass is 491 g/mol. The number of rotatable bonds is 6. The summed E-state index contributed by atoms with van der Waals surface area (Å²) in [5.41, 5.74) is 1.21. The number of ether oxygens (including phenoxy) is 2. The van der Waals surface area contributed by atoms with E-state index in [1.807, 2.05) is 11.5 Å². The first-order valence-electron chi connectivity index (χ1n) is 10.7. The lowest BCUT2D eigenvalue weighted by atomic mass is 10.2. The van der Waals surface area contributed by atoms with Gasteiger partial charge < -0.3 is 14.8 Å². The third-order valence-electron chi connectivity index (χ3n) is 5.30. The molecule has 2 aromatic carbocycles. The molecule has 10 nitrogen and oxygen atoms in total. The number of fused-ring (bicyclic) bond motifs is 1. The summed E-state index contributed by atoms with van der Waals surface area (Å²) in [4.78, 5) is 21.2. The van der Waals surface area contributed by atoms with Gasteiger partial charge >= 0.3 is 0 Å². The quantitative estimate of drug-likeness (QED) is 0.424. The predicted molar refractivity (Wildman–Crippen MR) is 129 cm³/mol. The van der Waals surface area contributed by atoms with E-state index in [-0.39, 0.29) is 10.8 Å². The average molecular weight is 492 g/mol. The molecule has 2 aromatic heterocycles. The summed E-state index contributed by atoms with van der Waals surface area (Å²) in [5, 5.41) is 2.78. The fraction of sp³-hybridized carbons (Fsp3) is 0.125. The van der Waals surface area contributed by atoms with Crippen molar-refractivity contribution in [2.75, 3.05) is 23.3 Å². The SMILES string of the molecule is Cc1nccn1-c1ccc(NC(=O)c2ccc(NS(=O)(=O)c3ccc4c(c3)OCCO4)cc2)cn1. The van der Waals surface area contributed by atoms with Crippen molar-refractivity contribution in [1.82, 2.24) is 14.5 Å². The molecule has 0 unspecified atom stereocenters. The molecule has 1 aliphatic rings. The van der Waals surface area contributed by atoms with Crippen LogP contribution in [0.3, 0.4) is 0 Å². The van der Waals surface area contributed by atoms with Gasteiger partial charge in [-0.15, -0.1) is 0 Å². The average Bonchev–Trinajstić information content (AvgIpc) is 3.30. The van der Waals surface area contributed by atoms with Crippen LogP contribution in [0.15, 0.2) is 78.1 Å². The Balaban J connectivity index is 1.24. The van der Waals surface area contributed by atoms with E-state index in [1.54, 1.807) is 36.8 Å². The van der Waals surface area contributed by atoms with Crippen LogP contribution >= 0.6 is 0 Å². The van der Waals surface area contributed by atoms with Crippen molar-refractivity contribution in [2.24, 2.45) is 0 Å². The number of anilines is 2. The second-order valence-corrected chi connectivity index (χ2v) is 9.37. The van der Waals surface area contributed by atoms with Gasteiger partial charge in [0.05, 0.1) is 16.8 Å². The summed E-state index contributed by atoms with van der Waals surface area (Å²) < 4.78 is 40.8. The minimum Gasteiger partial charge on any atom is -0.486 e. The lowest BCUT2D eigenvalue weighted by molar-refractivity contribution is 0.102. The molecule has 1 aliphatic heterocycles. The van der Waals surface area contributed by atoms with Crippen molar-refractivity contribution in [3.63, 3.8) is 0 Å². The summed E-state index contributed by atoms with van der Waals surface area (Å²) >= 11 is 0. The van der Waals surface area contributed by atoms with Gasteiger partial charge in [-0.2, -0.15) is 0 Å². The lowest BCUT2D eigenvalue weighted by Crippen LogP contribution is -2.17. The van der Waals surface area contributed by atoms with Crippen molar-refractivity contribution in [3.05, 3.63) is 84.6 Å². The summed E-state index contributed by atoms with van der Waals surface area (Å²) in [7, 11) is -3.86. The van der Waals surface area contributed by atoms with Crippen LogP contribution in [0.2, 0.25) is 0 Å². The number of carbonyl (C=O) groups is 1. The summed E-state index contributed by atoms with van der Waals surface area (Å²) in [5.74, 6) is 2.03. The molecule has 2 N–H and O–H groups in total. The molecule has 0 atom stereocenters.